The number of benzene rings is 1. The number of esters is 1. The third kappa shape index (κ3) is 4.04. The molecule has 1 aromatic carbocycles. The fraction of sp³-hybridized carbons (Fsp3) is 0.375. The molecule has 0 aliphatic heterocycles. The first-order valence-electron chi connectivity index (χ1n) is 7.01. The molecule has 0 N–H and O–H groups in total. The van der Waals surface area contributed by atoms with Crippen molar-refractivity contribution in [3.05, 3.63) is 35.9 Å². The van der Waals surface area contributed by atoms with Gasteiger partial charge in [0.2, 0.25) is 0 Å². The van der Waals surface area contributed by atoms with Crippen LogP contribution in [0.2, 0.25) is 0 Å². The van der Waals surface area contributed by atoms with E-state index >= 15 is 0 Å². The summed E-state index contributed by atoms with van der Waals surface area (Å²) in [6, 6.07) is 6.36. The molecule has 0 aromatic heterocycles. The molecule has 2 atom stereocenters. The second-order valence-corrected chi connectivity index (χ2v) is 7.30. The number of rotatable bonds is 6. The Kier molecular flexibility index (Phi) is 4.81. The van der Waals surface area contributed by atoms with Gasteiger partial charge in [0.1, 0.15) is 0 Å². The van der Waals surface area contributed by atoms with Crippen molar-refractivity contribution in [2.24, 2.45) is 11.8 Å². The van der Waals surface area contributed by atoms with Crippen LogP contribution in [-0.2, 0) is 24.2 Å². The summed E-state index contributed by atoms with van der Waals surface area (Å²) < 4.78 is 27.8. The van der Waals surface area contributed by atoms with E-state index in [0.29, 0.717) is 18.6 Å². The van der Waals surface area contributed by atoms with Gasteiger partial charge >= 0.3 is 5.97 Å². The van der Waals surface area contributed by atoms with Crippen LogP contribution in [-0.4, -0.2) is 33.0 Å². The normalized spacial score (nSPS) is 20.8. The van der Waals surface area contributed by atoms with Crippen LogP contribution in [0.15, 0.2) is 35.2 Å². The van der Waals surface area contributed by atoms with Crippen LogP contribution in [0.5, 0.6) is 0 Å². The molecular weight excluding hydrogens is 304 g/mol. The number of hydrogen-bond donors (Lipinski definition) is 0. The van der Waals surface area contributed by atoms with Gasteiger partial charge in [0, 0.05) is 12.2 Å². The zero-order valence-electron chi connectivity index (χ0n) is 12.5. The Morgan fingerprint density at radius 3 is 2.68 bits per heavy atom. The molecule has 0 bridgehead atoms. The molecule has 1 fully saturated rings. The maximum absolute atomic E-state index is 12.0. The van der Waals surface area contributed by atoms with Gasteiger partial charge in [-0.2, -0.15) is 0 Å². The molecule has 6 heteroatoms. The fourth-order valence-electron chi connectivity index (χ4n) is 2.17. The predicted octanol–water partition coefficient (Wildman–Crippen LogP) is 1.87. The fourth-order valence-corrected chi connectivity index (χ4v) is 2.85. The molecule has 0 amide bonds. The molecule has 1 aliphatic rings. The van der Waals surface area contributed by atoms with E-state index in [2.05, 4.69) is 0 Å². The van der Waals surface area contributed by atoms with Gasteiger partial charge in [0.05, 0.1) is 17.4 Å². The summed E-state index contributed by atoms with van der Waals surface area (Å²) in [5.41, 5.74) is 0.629. The summed E-state index contributed by atoms with van der Waals surface area (Å²) in [5, 5.41) is 0. The van der Waals surface area contributed by atoms with Crippen LogP contribution in [0.3, 0.4) is 0 Å². The molecule has 22 heavy (non-hydrogen) atoms. The van der Waals surface area contributed by atoms with Gasteiger partial charge in [-0.15, -0.1) is 0 Å². The standard InChI is InChI=1S/C16H18O5S/c1-3-21-16(18)14-10-13(14)15(17)8-7-11-5-4-6-12(9-11)22(2,19)20/h4-9,13-14H,3,10H2,1-2H3/b8-7+/t13-,14-/m0/s1. The van der Waals surface area contributed by atoms with E-state index in [9.17, 15) is 18.0 Å². The van der Waals surface area contributed by atoms with Gasteiger partial charge in [0.15, 0.2) is 15.6 Å². The van der Waals surface area contributed by atoms with Crippen LogP contribution in [0, 0.1) is 11.8 Å². The molecule has 1 aliphatic carbocycles. The first-order chi connectivity index (χ1) is 10.3. The summed E-state index contributed by atoms with van der Waals surface area (Å²) in [6.07, 6.45) is 4.61. The van der Waals surface area contributed by atoms with Crippen molar-refractivity contribution in [1.82, 2.24) is 0 Å². The van der Waals surface area contributed by atoms with Crippen molar-refractivity contribution in [3.8, 4) is 0 Å². The smallest absolute Gasteiger partial charge is 0.309 e. The van der Waals surface area contributed by atoms with Crippen molar-refractivity contribution in [3.63, 3.8) is 0 Å². The minimum Gasteiger partial charge on any atom is -0.466 e. The van der Waals surface area contributed by atoms with Gasteiger partial charge in [-0.25, -0.2) is 8.42 Å². The zero-order valence-corrected chi connectivity index (χ0v) is 13.3. The number of ether oxygens (including phenoxy) is 1. The number of allylic oxidation sites excluding steroid dienone is 1. The van der Waals surface area contributed by atoms with E-state index in [1.54, 1.807) is 25.1 Å². The van der Waals surface area contributed by atoms with E-state index in [0.717, 1.165) is 6.26 Å². The summed E-state index contributed by atoms with van der Waals surface area (Å²) in [6.45, 7) is 2.04. The highest BCUT2D eigenvalue weighted by atomic mass is 32.2. The molecule has 1 aromatic rings. The van der Waals surface area contributed by atoms with Gasteiger partial charge in [0.25, 0.3) is 0 Å². The monoisotopic (exact) mass is 322 g/mol. The van der Waals surface area contributed by atoms with Crippen LogP contribution in [0.4, 0.5) is 0 Å². The molecule has 0 spiro atoms. The van der Waals surface area contributed by atoms with Crippen molar-refractivity contribution < 1.29 is 22.7 Å². The minimum atomic E-state index is -3.27. The van der Waals surface area contributed by atoms with Gasteiger partial charge in [-0.05, 0) is 37.1 Å². The summed E-state index contributed by atoms with van der Waals surface area (Å²) in [7, 11) is -3.27. The van der Waals surface area contributed by atoms with Crippen LogP contribution < -0.4 is 0 Å². The lowest BCUT2D eigenvalue weighted by Crippen LogP contribution is -2.10. The minimum absolute atomic E-state index is 0.136. The van der Waals surface area contributed by atoms with E-state index in [1.807, 2.05) is 0 Å². The van der Waals surface area contributed by atoms with E-state index < -0.39 is 9.84 Å². The van der Waals surface area contributed by atoms with E-state index in [4.69, 9.17) is 4.74 Å². The first-order valence-corrected chi connectivity index (χ1v) is 8.90. The zero-order chi connectivity index (χ0) is 16.3. The number of hydrogen-bond acceptors (Lipinski definition) is 5. The van der Waals surface area contributed by atoms with Crippen LogP contribution in [0.1, 0.15) is 18.9 Å². The van der Waals surface area contributed by atoms with Crippen molar-refractivity contribution in [1.29, 1.82) is 0 Å². The molecule has 2 rings (SSSR count). The molecular formula is C16H18O5S. The Balaban J connectivity index is 2.01. The highest BCUT2D eigenvalue weighted by Gasteiger charge is 2.47. The summed E-state index contributed by atoms with van der Waals surface area (Å²) in [5.74, 6) is -1.11. The number of carbonyl (C=O) groups is 2. The lowest BCUT2D eigenvalue weighted by molar-refractivity contribution is -0.145. The van der Waals surface area contributed by atoms with Crippen LogP contribution >= 0.6 is 0 Å². The maximum Gasteiger partial charge on any atom is 0.309 e. The highest BCUT2D eigenvalue weighted by Crippen LogP contribution is 2.40. The Labute approximate surface area is 129 Å². The average molecular weight is 322 g/mol. The van der Waals surface area contributed by atoms with E-state index in [1.165, 1.54) is 18.2 Å². The molecule has 5 nitrogen and oxygen atoms in total. The Bertz CT molecular complexity index is 718. The molecule has 0 radical (unpaired) electrons. The molecule has 118 valence electrons. The summed E-state index contributed by atoms with van der Waals surface area (Å²) >= 11 is 0. The molecule has 0 unspecified atom stereocenters. The molecule has 0 heterocycles. The van der Waals surface area contributed by atoms with Crippen molar-refractivity contribution >= 4 is 27.7 Å². The van der Waals surface area contributed by atoms with Crippen LogP contribution in [0.25, 0.3) is 6.08 Å². The second kappa shape index (κ2) is 6.44. The Hall–Kier alpha value is -1.95. The molecule has 1 saturated carbocycles. The second-order valence-electron chi connectivity index (χ2n) is 5.28. The number of sulfone groups is 1. The van der Waals surface area contributed by atoms with E-state index in [-0.39, 0.29) is 28.5 Å². The molecule has 0 saturated heterocycles. The number of ketones is 1. The SMILES string of the molecule is CCOC(=O)[C@H]1C[C@@H]1C(=O)/C=C/c1cccc(S(C)(=O)=O)c1. The largest absolute Gasteiger partial charge is 0.466 e. The Morgan fingerprint density at radius 1 is 1.32 bits per heavy atom. The lowest BCUT2D eigenvalue weighted by atomic mass is 10.1. The first kappa shape index (κ1) is 16.4. The quantitative estimate of drug-likeness (QED) is 0.590. The topological polar surface area (TPSA) is 77.5 Å². The number of carbonyl (C=O) groups excluding carboxylic acids is 2. The van der Waals surface area contributed by atoms with Crippen molar-refractivity contribution in [2.75, 3.05) is 12.9 Å². The highest BCUT2D eigenvalue weighted by molar-refractivity contribution is 7.90. The van der Waals surface area contributed by atoms with Gasteiger partial charge in [-0.3, -0.25) is 9.59 Å². The Morgan fingerprint density at radius 2 is 2.05 bits per heavy atom. The average Bonchev–Trinajstić information content (AvgIpc) is 3.25. The summed E-state index contributed by atoms with van der Waals surface area (Å²) in [4.78, 5) is 23.7. The third-order valence-electron chi connectivity index (χ3n) is 3.47. The van der Waals surface area contributed by atoms with Gasteiger partial charge < -0.3 is 4.74 Å². The maximum atomic E-state index is 12.0. The third-order valence-corrected chi connectivity index (χ3v) is 4.58. The predicted molar refractivity (Wildman–Crippen MR) is 81.8 cm³/mol. The lowest BCUT2D eigenvalue weighted by Gasteiger charge is -2.00. The van der Waals surface area contributed by atoms with Gasteiger partial charge in [-0.1, -0.05) is 18.2 Å². The van der Waals surface area contributed by atoms with Crippen molar-refractivity contribution in [2.45, 2.75) is 18.2 Å².